The zero-order valence-electron chi connectivity index (χ0n) is 9.91. The van der Waals surface area contributed by atoms with Crippen LogP contribution < -0.4 is 0 Å². The SMILES string of the molecule is C=CCCCCCCCC(=O)CCC(=O)O. The van der Waals surface area contributed by atoms with E-state index in [0.717, 1.165) is 25.7 Å². The van der Waals surface area contributed by atoms with E-state index in [-0.39, 0.29) is 18.6 Å². The number of ketones is 1. The number of carboxylic acid groups (broad SMARTS) is 1. The van der Waals surface area contributed by atoms with E-state index in [1.165, 1.54) is 12.8 Å². The maximum Gasteiger partial charge on any atom is 0.303 e. The average molecular weight is 226 g/mol. The number of carbonyl (C=O) groups excluding carboxylic acids is 1. The van der Waals surface area contributed by atoms with E-state index in [4.69, 9.17) is 5.11 Å². The lowest BCUT2D eigenvalue weighted by molar-refractivity contribution is -0.138. The van der Waals surface area contributed by atoms with Crippen LogP contribution in [0.25, 0.3) is 0 Å². The number of unbranched alkanes of at least 4 members (excludes halogenated alkanes) is 5. The number of rotatable bonds is 11. The summed E-state index contributed by atoms with van der Waals surface area (Å²) in [5.74, 6) is -0.814. The van der Waals surface area contributed by atoms with Crippen LogP contribution in [0.3, 0.4) is 0 Å². The van der Waals surface area contributed by atoms with Crippen LogP contribution in [0.5, 0.6) is 0 Å². The number of hydrogen-bond donors (Lipinski definition) is 1. The number of aliphatic carboxylic acids is 1. The molecule has 0 aliphatic carbocycles. The molecule has 0 fully saturated rings. The minimum absolute atomic E-state index is 0.0296. The van der Waals surface area contributed by atoms with Crippen LogP contribution in [-0.2, 0) is 9.59 Å². The third-order valence-corrected chi connectivity index (χ3v) is 2.48. The van der Waals surface area contributed by atoms with Crippen LogP contribution in [0, 0.1) is 0 Å². The number of carboxylic acids is 1. The van der Waals surface area contributed by atoms with Crippen molar-refractivity contribution >= 4 is 11.8 Å². The molecule has 0 rings (SSSR count). The highest BCUT2D eigenvalue weighted by molar-refractivity contribution is 5.82. The van der Waals surface area contributed by atoms with Crippen molar-refractivity contribution in [3.63, 3.8) is 0 Å². The third-order valence-electron chi connectivity index (χ3n) is 2.48. The summed E-state index contributed by atoms with van der Waals surface area (Å²) in [5, 5.41) is 8.39. The average Bonchev–Trinajstić information content (AvgIpc) is 2.25. The second-order valence-electron chi connectivity index (χ2n) is 4.03. The van der Waals surface area contributed by atoms with Gasteiger partial charge in [0.2, 0.25) is 0 Å². The Labute approximate surface area is 97.5 Å². The molecule has 0 radical (unpaired) electrons. The molecule has 0 aromatic carbocycles. The maximum atomic E-state index is 11.2. The van der Waals surface area contributed by atoms with Gasteiger partial charge >= 0.3 is 5.97 Å². The van der Waals surface area contributed by atoms with Crippen molar-refractivity contribution < 1.29 is 14.7 Å². The molecule has 0 aliphatic rings. The molecule has 0 aromatic rings. The lowest BCUT2D eigenvalue weighted by Crippen LogP contribution is -2.02. The molecule has 0 amide bonds. The van der Waals surface area contributed by atoms with Crippen molar-refractivity contribution in [2.75, 3.05) is 0 Å². The van der Waals surface area contributed by atoms with Crippen LogP contribution in [0.15, 0.2) is 12.7 Å². The summed E-state index contributed by atoms with van der Waals surface area (Å²) in [6.07, 6.45) is 9.17. The topological polar surface area (TPSA) is 54.4 Å². The second-order valence-corrected chi connectivity index (χ2v) is 4.03. The van der Waals surface area contributed by atoms with Gasteiger partial charge in [-0.05, 0) is 19.3 Å². The minimum atomic E-state index is -0.891. The van der Waals surface area contributed by atoms with Crippen molar-refractivity contribution in [3.05, 3.63) is 12.7 Å². The van der Waals surface area contributed by atoms with Gasteiger partial charge in [-0.1, -0.05) is 25.3 Å². The van der Waals surface area contributed by atoms with E-state index in [1.54, 1.807) is 0 Å². The minimum Gasteiger partial charge on any atom is -0.481 e. The molecular weight excluding hydrogens is 204 g/mol. The highest BCUT2D eigenvalue weighted by atomic mass is 16.4. The van der Waals surface area contributed by atoms with Gasteiger partial charge in [-0.25, -0.2) is 0 Å². The second kappa shape index (κ2) is 10.4. The van der Waals surface area contributed by atoms with Gasteiger partial charge in [0, 0.05) is 12.8 Å². The lowest BCUT2D eigenvalue weighted by atomic mass is 10.1. The molecule has 0 saturated carbocycles. The molecule has 3 nitrogen and oxygen atoms in total. The fourth-order valence-electron chi connectivity index (χ4n) is 1.51. The molecule has 3 heteroatoms. The molecule has 0 heterocycles. The Hall–Kier alpha value is -1.12. The molecule has 92 valence electrons. The molecule has 0 saturated heterocycles. The van der Waals surface area contributed by atoms with Gasteiger partial charge in [-0.2, -0.15) is 0 Å². The molecule has 0 bridgehead atoms. The van der Waals surface area contributed by atoms with E-state index in [1.807, 2.05) is 6.08 Å². The van der Waals surface area contributed by atoms with Crippen LogP contribution in [-0.4, -0.2) is 16.9 Å². The molecule has 16 heavy (non-hydrogen) atoms. The standard InChI is InChI=1S/C13H22O3/c1-2-3-4-5-6-7-8-9-12(14)10-11-13(15)16/h2H,1,3-11H2,(H,15,16). The molecule has 0 spiro atoms. The Morgan fingerprint density at radius 1 is 0.938 bits per heavy atom. The lowest BCUT2D eigenvalue weighted by Gasteiger charge is -2.00. The molecule has 0 aromatic heterocycles. The van der Waals surface area contributed by atoms with E-state index >= 15 is 0 Å². The zero-order chi connectivity index (χ0) is 12.2. The van der Waals surface area contributed by atoms with Gasteiger partial charge in [-0.3, -0.25) is 9.59 Å². The van der Waals surface area contributed by atoms with E-state index in [0.29, 0.717) is 6.42 Å². The molecule has 0 unspecified atom stereocenters. The molecule has 0 aliphatic heterocycles. The Morgan fingerprint density at radius 3 is 2.19 bits per heavy atom. The summed E-state index contributed by atoms with van der Waals surface area (Å²) in [7, 11) is 0. The van der Waals surface area contributed by atoms with Crippen LogP contribution in [0.1, 0.15) is 57.8 Å². The Bertz CT molecular complexity index is 221. The monoisotopic (exact) mass is 226 g/mol. The largest absolute Gasteiger partial charge is 0.481 e. The number of Topliss-reactive ketones (excluding diaryl/α,β-unsaturated/α-hetero) is 1. The summed E-state index contributed by atoms with van der Waals surface area (Å²) >= 11 is 0. The van der Waals surface area contributed by atoms with Gasteiger partial charge in [-0.15, -0.1) is 6.58 Å². The normalized spacial score (nSPS) is 10.0. The highest BCUT2D eigenvalue weighted by Crippen LogP contribution is 2.08. The summed E-state index contributed by atoms with van der Waals surface area (Å²) in [5.41, 5.74) is 0. The smallest absolute Gasteiger partial charge is 0.303 e. The van der Waals surface area contributed by atoms with Crippen molar-refractivity contribution in [1.29, 1.82) is 0 Å². The van der Waals surface area contributed by atoms with E-state index < -0.39 is 5.97 Å². The number of carbonyl (C=O) groups is 2. The fourth-order valence-corrected chi connectivity index (χ4v) is 1.51. The van der Waals surface area contributed by atoms with Crippen LogP contribution in [0.2, 0.25) is 0 Å². The zero-order valence-corrected chi connectivity index (χ0v) is 9.91. The van der Waals surface area contributed by atoms with Gasteiger partial charge in [0.05, 0.1) is 6.42 Å². The van der Waals surface area contributed by atoms with Crippen molar-refractivity contribution in [1.82, 2.24) is 0 Å². The number of allylic oxidation sites excluding steroid dienone is 1. The fraction of sp³-hybridized carbons (Fsp3) is 0.692. The summed E-state index contributed by atoms with van der Waals surface area (Å²) in [6, 6.07) is 0. The number of hydrogen-bond acceptors (Lipinski definition) is 2. The first-order valence-electron chi connectivity index (χ1n) is 6.01. The summed E-state index contributed by atoms with van der Waals surface area (Å²) < 4.78 is 0. The van der Waals surface area contributed by atoms with Gasteiger partial charge in [0.15, 0.2) is 0 Å². The summed E-state index contributed by atoms with van der Waals surface area (Å²) in [4.78, 5) is 21.4. The van der Waals surface area contributed by atoms with Gasteiger partial charge in [0.1, 0.15) is 5.78 Å². The molecule has 0 atom stereocenters. The van der Waals surface area contributed by atoms with Crippen LogP contribution in [0.4, 0.5) is 0 Å². The van der Waals surface area contributed by atoms with E-state index in [9.17, 15) is 9.59 Å². The third kappa shape index (κ3) is 11.0. The highest BCUT2D eigenvalue weighted by Gasteiger charge is 2.04. The van der Waals surface area contributed by atoms with Crippen molar-refractivity contribution in [2.24, 2.45) is 0 Å². The van der Waals surface area contributed by atoms with Crippen LogP contribution >= 0.6 is 0 Å². The quantitative estimate of drug-likeness (QED) is 0.434. The predicted octanol–water partition coefficient (Wildman–Crippen LogP) is 3.34. The van der Waals surface area contributed by atoms with Crippen molar-refractivity contribution in [2.45, 2.75) is 57.8 Å². The first-order chi connectivity index (χ1) is 7.66. The Kier molecular flexibility index (Phi) is 9.67. The predicted molar refractivity (Wildman–Crippen MR) is 64.4 cm³/mol. The molecular formula is C13H22O3. The first-order valence-corrected chi connectivity index (χ1v) is 6.01. The van der Waals surface area contributed by atoms with E-state index in [2.05, 4.69) is 6.58 Å². The Morgan fingerprint density at radius 2 is 1.56 bits per heavy atom. The first kappa shape index (κ1) is 14.9. The Balaban J connectivity index is 3.21. The van der Waals surface area contributed by atoms with Gasteiger partial charge < -0.3 is 5.11 Å². The van der Waals surface area contributed by atoms with Gasteiger partial charge in [0.25, 0.3) is 0 Å². The maximum absolute atomic E-state index is 11.2. The summed E-state index contributed by atoms with van der Waals surface area (Å²) in [6.45, 7) is 3.66. The molecule has 1 N–H and O–H groups in total. The van der Waals surface area contributed by atoms with Crippen molar-refractivity contribution in [3.8, 4) is 0 Å².